The lowest BCUT2D eigenvalue weighted by molar-refractivity contribution is -0.138. The van der Waals surface area contributed by atoms with Gasteiger partial charge in [0.25, 0.3) is 5.91 Å². The van der Waals surface area contributed by atoms with E-state index >= 15 is 4.57 Å². The van der Waals surface area contributed by atoms with Crippen LogP contribution < -0.4 is 44.7 Å². The molecule has 1 aliphatic heterocycles. The van der Waals surface area contributed by atoms with E-state index in [4.69, 9.17) is 18.9 Å². The Morgan fingerprint density at radius 1 is 0.648 bits per heavy atom. The highest BCUT2D eigenvalue weighted by Gasteiger charge is 2.43. The number of rotatable bonds is 21. The summed E-state index contributed by atoms with van der Waals surface area (Å²) in [4.78, 5) is 76.3. The third kappa shape index (κ3) is 10.9. The molecule has 20 heteroatoms. The van der Waals surface area contributed by atoms with Crippen molar-refractivity contribution in [2.24, 2.45) is 0 Å². The van der Waals surface area contributed by atoms with Crippen molar-refractivity contribution < 1.29 is 77.8 Å². The summed E-state index contributed by atoms with van der Waals surface area (Å²) in [6.07, 6.45) is 4.24. The molecule has 1 heterocycles. The highest BCUT2D eigenvalue weighted by Crippen LogP contribution is 2.62. The van der Waals surface area contributed by atoms with Crippen LogP contribution >= 0.6 is 7.14 Å². The van der Waals surface area contributed by atoms with E-state index < -0.39 is 68.9 Å². The molecule has 5 aromatic rings. The van der Waals surface area contributed by atoms with Crippen LogP contribution in [0.5, 0.6) is 28.7 Å². The van der Waals surface area contributed by atoms with Crippen molar-refractivity contribution in [2.75, 3.05) is 68.7 Å². The zero-order valence-electron chi connectivity index (χ0n) is 38.3. The Labute approximate surface area is 405 Å². The Kier molecular flexibility index (Phi) is 15.0. The number of carboxylic acid groups (broad SMARTS) is 4. The van der Waals surface area contributed by atoms with Gasteiger partial charge in [-0.15, -0.1) is 0 Å². The van der Waals surface area contributed by atoms with Crippen molar-refractivity contribution in [1.82, 2.24) is 0 Å². The fourth-order valence-electron chi connectivity index (χ4n) is 8.30. The summed E-state index contributed by atoms with van der Waals surface area (Å²) >= 11 is 0. The molecule has 0 spiro atoms. The molecule has 7 rings (SSSR count). The van der Waals surface area contributed by atoms with Crippen molar-refractivity contribution in [2.45, 2.75) is 6.92 Å². The van der Waals surface area contributed by atoms with E-state index in [-0.39, 0.29) is 75.2 Å². The van der Waals surface area contributed by atoms with Gasteiger partial charge in [0.05, 0.1) is 31.2 Å². The Bertz CT molecular complexity index is 3070. The minimum Gasteiger partial charge on any atom is -0.508 e. The second kappa shape index (κ2) is 21.2. The molecule has 5 aromatic carbocycles. The van der Waals surface area contributed by atoms with Crippen molar-refractivity contribution in [3.63, 3.8) is 0 Å². The predicted octanol–water partition coefficient (Wildman–Crippen LogP) is 5.53. The number of aromatic hydroxyl groups is 1. The quantitative estimate of drug-likeness (QED) is 0.0389. The summed E-state index contributed by atoms with van der Waals surface area (Å²) < 4.78 is 39.4. The number of methoxy groups -OCH3 is 2. The summed E-state index contributed by atoms with van der Waals surface area (Å²) in [5, 5.41) is 52.8. The van der Waals surface area contributed by atoms with Crippen LogP contribution in [0.25, 0.3) is 5.57 Å². The van der Waals surface area contributed by atoms with Gasteiger partial charge in [-0.3, -0.25) is 28.8 Å². The molecular formula is C51H46N3O16P. The number of phenols is 1. The maximum absolute atomic E-state index is 15.5. The largest absolute Gasteiger partial charge is 0.508 e. The van der Waals surface area contributed by atoms with Crippen LogP contribution in [0.4, 0.5) is 17.1 Å². The van der Waals surface area contributed by atoms with Gasteiger partial charge in [0.1, 0.15) is 68.1 Å². The highest BCUT2D eigenvalue weighted by atomic mass is 31.2. The molecule has 366 valence electrons. The number of anilines is 3. The number of carbonyl (C=O) groups excluding carboxylic acids is 2. The predicted molar refractivity (Wildman–Crippen MR) is 261 cm³/mol. The molecule has 2 aliphatic rings. The van der Waals surface area contributed by atoms with Gasteiger partial charge in [-0.05, 0) is 96.4 Å². The van der Waals surface area contributed by atoms with Gasteiger partial charge in [-0.25, -0.2) is 0 Å². The van der Waals surface area contributed by atoms with E-state index in [0.29, 0.717) is 33.1 Å². The number of benzene rings is 5. The number of ether oxygens (including phenoxy) is 4. The standard InChI is InChI=1S/C51H46N3O16P/c1-29-9-15-37(53(25-45(57)58)26-46(59)60)39(19-29)69-17-18-70-40-22-31(10-16-38(40)54(27-47(61)62)28-48(63)64)52-51(65)30-20-41(67-2)50(42(21-30)68-3)49-35-13-11-32(55)23-43(35)71(66,34-7-5-4-6-8-34)44-24-33(56)12-14-36(44)49/h4-16,19-24,55H,17-18,25-28H2,1-3H3,(H,52,65)(H,57,58)(H,59,60)(H,61,62)(H,63,64). The molecule has 0 fully saturated rings. The van der Waals surface area contributed by atoms with E-state index in [1.807, 2.05) is 0 Å². The van der Waals surface area contributed by atoms with Gasteiger partial charge < -0.3 is 64.2 Å². The average molecular weight is 988 g/mol. The lowest BCUT2D eigenvalue weighted by Crippen LogP contribution is -2.35. The Balaban J connectivity index is 1.23. The number of amides is 1. The molecule has 0 aromatic heterocycles. The Hall–Kier alpha value is -8.83. The van der Waals surface area contributed by atoms with Crippen molar-refractivity contribution in [1.29, 1.82) is 0 Å². The van der Waals surface area contributed by atoms with Crippen LogP contribution in [0.2, 0.25) is 0 Å². The number of ketones is 1. The average Bonchev–Trinajstić information content (AvgIpc) is 3.32. The molecule has 1 amide bonds. The molecule has 71 heavy (non-hydrogen) atoms. The first-order valence-corrected chi connectivity index (χ1v) is 23.3. The van der Waals surface area contributed by atoms with Crippen LogP contribution in [0.15, 0.2) is 126 Å². The Morgan fingerprint density at radius 2 is 1.20 bits per heavy atom. The minimum atomic E-state index is -3.78. The van der Waals surface area contributed by atoms with Crippen molar-refractivity contribution in [3.05, 3.63) is 148 Å². The number of hydrogen-bond acceptors (Lipinski definition) is 14. The summed E-state index contributed by atoms with van der Waals surface area (Å²) in [6.45, 7) is -1.52. The van der Waals surface area contributed by atoms with Crippen LogP contribution in [0, 0.1) is 6.92 Å². The molecule has 6 N–H and O–H groups in total. The van der Waals surface area contributed by atoms with Crippen LogP contribution in [-0.2, 0) is 28.5 Å². The minimum absolute atomic E-state index is 0.0296. The number of carboxylic acids is 4. The van der Waals surface area contributed by atoms with E-state index in [9.17, 15) is 54.3 Å². The van der Waals surface area contributed by atoms with Gasteiger partial charge in [0.15, 0.2) is 12.9 Å². The van der Waals surface area contributed by atoms with Crippen molar-refractivity contribution in [3.8, 4) is 28.7 Å². The number of nitrogens with zero attached hydrogens (tertiary/aromatic N) is 2. The van der Waals surface area contributed by atoms with Crippen LogP contribution in [-0.4, -0.2) is 115 Å². The maximum Gasteiger partial charge on any atom is 0.323 e. The number of aryl methyl sites for hydroxylation is 1. The first-order chi connectivity index (χ1) is 33.9. The number of allylic oxidation sites excluding steroid dienone is 5. The van der Waals surface area contributed by atoms with Gasteiger partial charge >= 0.3 is 23.9 Å². The molecule has 0 bridgehead atoms. The second-order valence-electron chi connectivity index (χ2n) is 16.0. The van der Waals surface area contributed by atoms with E-state index in [1.165, 1.54) is 74.9 Å². The molecule has 1 aliphatic carbocycles. The zero-order chi connectivity index (χ0) is 51.1. The highest BCUT2D eigenvalue weighted by molar-refractivity contribution is 7.83. The molecule has 19 nitrogen and oxygen atoms in total. The van der Waals surface area contributed by atoms with E-state index in [0.717, 1.165) is 9.80 Å². The van der Waals surface area contributed by atoms with Gasteiger partial charge in [0, 0.05) is 38.8 Å². The summed E-state index contributed by atoms with van der Waals surface area (Å²) in [7, 11) is -1.02. The monoisotopic (exact) mass is 987 g/mol. The third-order valence-electron chi connectivity index (χ3n) is 11.2. The number of nitrogens with one attached hydrogen (secondary N) is 1. The van der Waals surface area contributed by atoms with E-state index in [1.54, 1.807) is 61.5 Å². The fourth-order valence-corrected chi connectivity index (χ4v) is 11.4. The van der Waals surface area contributed by atoms with Crippen molar-refractivity contribution >= 4 is 76.0 Å². The molecular weight excluding hydrogens is 942 g/mol. The molecule has 0 saturated carbocycles. The molecule has 0 radical (unpaired) electrons. The zero-order valence-corrected chi connectivity index (χ0v) is 39.2. The van der Waals surface area contributed by atoms with Gasteiger partial charge in [0.2, 0.25) is 0 Å². The molecule has 0 saturated heterocycles. The summed E-state index contributed by atoms with van der Waals surface area (Å²) in [5.41, 5.74) is 2.74. The van der Waals surface area contributed by atoms with Crippen LogP contribution in [0.1, 0.15) is 27.0 Å². The number of hydrogen-bond donors (Lipinski definition) is 6. The maximum atomic E-state index is 15.5. The lowest BCUT2D eigenvalue weighted by Gasteiger charge is -2.34. The summed E-state index contributed by atoms with van der Waals surface area (Å²) in [5.74, 6) is -6.13. The normalized spacial score (nSPS) is 14.6. The van der Waals surface area contributed by atoms with Gasteiger partial charge in [-0.2, -0.15) is 0 Å². The smallest absolute Gasteiger partial charge is 0.323 e. The first-order valence-electron chi connectivity index (χ1n) is 21.6. The SMILES string of the molecule is COc1cc(C(=O)Nc2ccc(N(CC(=O)O)CC(=O)O)c(OCCOc3cc(C)ccc3N(CC(=O)O)CC(=O)O)c2)cc(OC)c1C1=C2C=CC(=O)C=C2P(=O)(c2ccccc2)c2cc(O)ccc21. The van der Waals surface area contributed by atoms with Gasteiger partial charge in [-0.1, -0.05) is 36.4 Å². The molecule has 1 unspecified atom stereocenters. The van der Waals surface area contributed by atoms with Crippen LogP contribution in [0.3, 0.4) is 0 Å². The Morgan fingerprint density at radius 3 is 1.75 bits per heavy atom. The number of carbonyl (C=O) groups is 6. The number of fused-ring (bicyclic) bond motifs is 2. The van der Waals surface area contributed by atoms with E-state index in [2.05, 4.69) is 5.32 Å². The lowest BCUT2D eigenvalue weighted by atomic mass is 9.88. The molecule has 1 atom stereocenters. The first kappa shape index (κ1) is 50.1. The summed E-state index contributed by atoms with van der Waals surface area (Å²) in [6, 6.07) is 24.9. The number of aliphatic carboxylic acids is 4. The number of phenolic OH excluding ortho intramolecular Hbond substituents is 1. The topological polar surface area (TPSA) is 276 Å². The fraction of sp³-hybridized carbons (Fsp3) is 0.176. The second-order valence-corrected chi connectivity index (χ2v) is 18.7. The third-order valence-corrected chi connectivity index (χ3v) is 14.3.